The van der Waals surface area contributed by atoms with Gasteiger partial charge in [0.15, 0.2) is 0 Å². The first-order valence-electron chi connectivity index (χ1n) is 6.52. The number of hydrogen-bond donors (Lipinski definition) is 2. The van der Waals surface area contributed by atoms with Crippen LogP contribution in [0.25, 0.3) is 0 Å². The Labute approximate surface area is 134 Å². The molecule has 0 aliphatic carbocycles. The molecule has 0 fully saturated rings. The van der Waals surface area contributed by atoms with E-state index in [-0.39, 0.29) is 5.91 Å². The van der Waals surface area contributed by atoms with E-state index in [9.17, 15) is 4.79 Å². The van der Waals surface area contributed by atoms with Gasteiger partial charge >= 0.3 is 0 Å². The SMILES string of the molecule is CNC(=O)c1ccc(C)c(NCc2ccc(Cl)cc2Cl)c1. The molecular formula is C16H16Cl2N2O. The Morgan fingerprint density at radius 1 is 1.14 bits per heavy atom. The van der Waals surface area contributed by atoms with Crippen LogP contribution in [0.2, 0.25) is 10.0 Å². The molecule has 0 radical (unpaired) electrons. The normalized spacial score (nSPS) is 10.3. The Hall–Kier alpha value is -1.71. The first-order chi connectivity index (χ1) is 10.0. The fraction of sp³-hybridized carbons (Fsp3) is 0.188. The van der Waals surface area contributed by atoms with Crippen molar-refractivity contribution in [3.8, 4) is 0 Å². The lowest BCUT2D eigenvalue weighted by atomic mass is 10.1. The fourth-order valence-corrected chi connectivity index (χ4v) is 2.43. The lowest BCUT2D eigenvalue weighted by Crippen LogP contribution is -2.18. The van der Waals surface area contributed by atoms with Crippen LogP contribution in [0.5, 0.6) is 0 Å². The Morgan fingerprint density at radius 2 is 1.90 bits per heavy atom. The first-order valence-corrected chi connectivity index (χ1v) is 7.27. The van der Waals surface area contributed by atoms with Crippen LogP contribution >= 0.6 is 23.2 Å². The number of carbonyl (C=O) groups excluding carboxylic acids is 1. The van der Waals surface area contributed by atoms with Gasteiger partial charge in [-0.3, -0.25) is 4.79 Å². The number of anilines is 1. The fourth-order valence-electron chi connectivity index (χ4n) is 1.95. The molecule has 1 amide bonds. The smallest absolute Gasteiger partial charge is 0.251 e. The van der Waals surface area contributed by atoms with Crippen molar-refractivity contribution in [3.05, 3.63) is 63.1 Å². The molecule has 5 heteroatoms. The third-order valence-electron chi connectivity index (χ3n) is 3.21. The molecule has 21 heavy (non-hydrogen) atoms. The minimum absolute atomic E-state index is 0.109. The van der Waals surface area contributed by atoms with Gasteiger partial charge in [-0.15, -0.1) is 0 Å². The number of carbonyl (C=O) groups is 1. The monoisotopic (exact) mass is 322 g/mol. The lowest BCUT2D eigenvalue weighted by Gasteiger charge is -2.12. The highest BCUT2D eigenvalue weighted by Crippen LogP contribution is 2.23. The van der Waals surface area contributed by atoms with Gasteiger partial charge in [-0.05, 0) is 42.3 Å². The van der Waals surface area contributed by atoms with Crippen LogP contribution in [-0.2, 0) is 6.54 Å². The van der Waals surface area contributed by atoms with Crippen LogP contribution in [0.1, 0.15) is 21.5 Å². The first kappa shape index (κ1) is 15.7. The van der Waals surface area contributed by atoms with Crippen LogP contribution in [0, 0.1) is 6.92 Å². The van der Waals surface area contributed by atoms with Crippen molar-refractivity contribution >= 4 is 34.8 Å². The molecule has 2 aromatic carbocycles. The Kier molecular flexibility index (Phi) is 5.10. The van der Waals surface area contributed by atoms with Gasteiger partial charge in [0.25, 0.3) is 5.91 Å². The van der Waals surface area contributed by atoms with E-state index >= 15 is 0 Å². The quantitative estimate of drug-likeness (QED) is 0.882. The molecule has 2 aromatic rings. The van der Waals surface area contributed by atoms with Gasteiger partial charge in [-0.2, -0.15) is 0 Å². The van der Waals surface area contributed by atoms with Crippen molar-refractivity contribution < 1.29 is 4.79 Å². The minimum atomic E-state index is -0.109. The summed E-state index contributed by atoms with van der Waals surface area (Å²) in [7, 11) is 1.61. The summed E-state index contributed by atoms with van der Waals surface area (Å²) >= 11 is 12.0. The van der Waals surface area contributed by atoms with E-state index in [4.69, 9.17) is 23.2 Å². The summed E-state index contributed by atoms with van der Waals surface area (Å²) in [4.78, 5) is 11.7. The second kappa shape index (κ2) is 6.83. The van der Waals surface area contributed by atoms with Crippen molar-refractivity contribution in [2.45, 2.75) is 13.5 Å². The maximum atomic E-state index is 11.7. The van der Waals surface area contributed by atoms with E-state index in [0.717, 1.165) is 16.8 Å². The topological polar surface area (TPSA) is 41.1 Å². The second-order valence-electron chi connectivity index (χ2n) is 4.70. The molecule has 0 unspecified atom stereocenters. The van der Waals surface area contributed by atoms with Crippen LogP contribution < -0.4 is 10.6 Å². The number of aryl methyl sites for hydroxylation is 1. The predicted molar refractivity (Wildman–Crippen MR) is 88.4 cm³/mol. The minimum Gasteiger partial charge on any atom is -0.381 e. The van der Waals surface area contributed by atoms with Gasteiger partial charge < -0.3 is 10.6 Å². The van der Waals surface area contributed by atoms with Crippen LogP contribution in [0.3, 0.4) is 0 Å². The number of halogens is 2. The van der Waals surface area contributed by atoms with Crippen LogP contribution in [0.15, 0.2) is 36.4 Å². The molecule has 110 valence electrons. The number of amides is 1. The van der Waals surface area contributed by atoms with Crippen LogP contribution in [-0.4, -0.2) is 13.0 Å². The molecule has 2 rings (SSSR count). The Bertz CT molecular complexity index is 671. The molecule has 0 heterocycles. The summed E-state index contributed by atoms with van der Waals surface area (Å²) in [6.07, 6.45) is 0. The number of hydrogen-bond acceptors (Lipinski definition) is 2. The largest absolute Gasteiger partial charge is 0.381 e. The van der Waals surface area contributed by atoms with Gasteiger partial charge in [0.1, 0.15) is 0 Å². The second-order valence-corrected chi connectivity index (χ2v) is 5.54. The van der Waals surface area contributed by atoms with Gasteiger partial charge in [0.2, 0.25) is 0 Å². The highest BCUT2D eigenvalue weighted by atomic mass is 35.5. The molecule has 0 saturated carbocycles. The van der Waals surface area contributed by atoms with E-state index < -0.39 is 0 Å². The summed E-state index contributed by atoms with van der Waals surface area (Å²) < 4.78 is 0. The van der Waals surface area contributed by atoms with Crippen molar-refractivity contribution in [1.29, 1.82) is 0 Å². The summed E-state index contributed by atoms with van der Waals surface area (Å²) in [6, 6.07) is 10.9. The van der Waals surface area contributed by atoms with E-state index in [2.05, 4.69) is 10.6 Å². The number of benzene rings is 2. The highest BCUT2D eigenvalue weighted by Gasteiger charge is 2.07. The standard InChI is InChI=1S/C16H16Cl2N2O/c1-10-3-4-11(16(21)19-2)7-15(10)20-9-12-5-6-13(17)8-14(12)18/h3-8,20H,9H2,1-2H3,(H,19,21). The van der Waals surface area contributed by atoms with E-state index in [1.165, 1.54) is 0 Å². The average molecular weight is 323 g/mol. The average Bonchev–Trinajstić information content (AvgIpc) is 2.47. The lowest BCUT2D eigenvalue weighted by molar-refractivity contribution is 0.0963. The molecule has 3 nitrogen and oxygen atoms in total. The van der Waals surface area contributed by atoms with Gasteiger partial charge in [0, 0.05) is 34.9 Å². The van der Waals surface area contributed by atoms with Crippen LogP contribution in [0.4, 0.5) is 5.69 Å². The molecule has 0 saturated heterocycles. The molecule has 0 spiro atoms. The third kappa shape index (κ3) is 3.90. The molecule has 0 aliphatic heterocycles. The zero-order chi connectivity index (χ0) is 15.4. The van der Waals surface area contributed by atoms with Crippen molar-refractivity contribution in [1.82, 2.24) is 5.32 Å². The van der Waals surface area contributed by atoms with Gasteiger partial charge in [-0.25, -0.2) is 0 Å². The van der Waals surface area contributed by atoms with Crippen molar-refractivity contribution in [3.63, 3.8) is 0 Å². The van der Waals surface area contributed by atoms with E-state index in [1.54, 1.807) is 25.2 Å². The number of nitrogens with one attached hydrogen (secondary N) is 2. The molecule has 0 bridgehead atoms. The van der Waals surface area contributed by atoms with Crippen molar-refractivity contribution in [2.75, 3.05) is 12.4 Å². The predicted octanol–water partition coefficient (Wildman–Crippen LogP) is 4.27. The van der Waals surface area contributed by atoms with Gasteiger partial charge in [-0.1, -0.05) is 35.3 Å². The highest BCUT2D eigenvalue weighted by molar-refractivity contribution is 6.35. The van der Waals surface area contributed by atoms with Gasteiger partial charge in [0.05, 0.1) is 0 Å². The summed E-state index contributed by atoms with van der Waals surface area (Å²) in [6.45, 7) is 2.55. The maximum Gasteiger partial charge on any atom is 0.251 e. The summed E-state index contributed by atoms with van der Waals surface area (Å²) in [5, 5.41) is 7.15. The zero-order valence-corrected chi connectivity index (χ0v) is 13.3. The molecular weight excluding hydrogens is 307 g/mol. The molecule has 0 aliphatic rings. The van der Waals surface area contributed by atoms with E-state index in [0.29, 0.717) is 22.2 Å². The number of rotatable bonds is 4. The summed E-state index contributed by atoms with van der Waals surface area (Å²) in [5.41, 5.74) is 3.54. The Morgan fingerprint density at radius 3 is 2.57 bits per heavy atom. The van der Waals surface area contributed by atoms with Crippen molar-refractivity contribution in [2.24, 2.45) is 0 Å². The zero-order valence-electron chi connectivity index (χ0n) is 11.8. The molecule has 0 aromatic heterocycles. The third-order valence-corrected chi connectivity index (χ3v) is 3.80. The van der Waals surface area contributed by atoms with E-state index in [1.807, 2.05) is 25.1 Å². The molecule has 0 atom stereocenters. The maximum absolute atomic E-state index is 11.7. The Balaban J connectivity index is 2.17. The summed E-state index contributed by atoms with van der Waals surface area (Å²) in [5.74, 6) is -0.109. The molecule has 2 N–H and O–H groups in total.